The standard InChI is InChI=1S/C26H22ClN5O2/c1-34-23-10-9-18(17-6-3-2-4-7-17)12-21(23)25-22(27)16-29-26(31-25)30-19-13-20(15-28-14-19)32-11-5-8-24(32)33/h2-4,6-7,9-10,12-16H,5,8,11H2,1H3,(H,29,30,31). The molecule has 0 spiro atoms. The lowest BCUT2D eigenvalue weighted by Crippen LogP contribution is -2.23. The van der Waals surface area contributed by atoms with Crippen molar-refractivity contribution in [2.24, 2.45) is 0 Å². The largest absolute Gasteiger partial charge is 0.496 e. The Balaban J connectivity index is 1.49. The summed E-state index contributed by atoms with van der Waals surface area (Å²) in [6, 6.07) is 17.9. The highest BCUT2D eigenvalue weighted by molar-refractivity contribution is 6.33. The van der Waals surface area contributed by atoms with Crippen molar-refractivity contribution in [3.05, 3.63) is 78.2 Å². The minimum atomic E-state index is 0.106. The molecule has 0 unspecified atom stereocenters. The maximum atomic E-state index is 12.1. The van der Waals surface area contributed by atoms with Gasteiger partial charge in [0.1, 0.15) is 5.75 Å². The number of anilines is 3. The highest BCUT2D eigenvalue weighted by atomic mass is 35.5. The summed E-state index contributed by atoms with van der Waals surface area (Å²) >= 11 is 6.52. The number of hydrogen-bond donors (Lipinski definition) is 1. The van der Waals surface area contributed by atoms with E-state index < -0.39 is 0 Å². The molecule has 1 aliphatic rings. The summed E-state index contributed by atoms with van der Waals surface area (Å²) in [5.41, 5.74) is 4.83. The molecular weight excluding hydrogens is 450 g/mol. The Hall–Kier alpha value is -3.97. The van der Waals surface area contributed by atoms with Gasteiger partial charge in [0, 0.05) is 18.5 Å². The number of hydrogen-bond acceptors (Lipinski definition) is 6. The van der Waals surface area contributed by atoms with Gasteiger partial charge in [-0.15, -0.1) is 0 Å². The number of carbonyl (C=O) groups excluding carboxylic acids is 1. The van der Waals surface area contributed by atoms with Crippen molar-refractivity contribution >= 4 is 34.8 Å². The van der Waals surface area contributed by atoms with E-state index >= 15 is 0 Å². The molecule has 1 saturated heterocycles. The third-order valence-electron chi connectivity index (χ3n) is 5.67. The van der Waals surface area contributed by atoms with E-state index in [4.69, 9.17) is 16.3 Å². The van der Waals surface area contributed by atoms with Gasteiger partial charge in [-0.05, 0) is 35.7 Å². The number of rotatable bonds is 6. The van der Waals surface area contributed by atoms with E-state index in [9.17, 15) is 4.79 Å². The van der Waals surface area contributed by atoms with E-state index in [0.717, 1.165) is 28.8 Å². The average Bonchev–Trinajstić information content (AvgIpc) is 3.31. The Kier molecular flexibility index (Phi) is 6.10. The summed E-state index contributed by atoms with van der Waals surface area (Å²) in [6.45, 7) is 0.698. The normalized spacial score (nSPS) is 13.2. The molecule has 3 heterocycles. The molecule has 5 rings (SSSR count). The highest BCUT2D eigenvalue weighted by Gasteiger charge is 2.22. The molecule has 1 aliphatic heterocycles. The van der Waals surface area contributed by atoms with Crippen molar-refractivity contribution in [1.82, 2.24) is 15.0 Å². The van der Waals surface area contributed by atoms with Crippen LogP contribution in [0, 0.1) is 0 Å². The number of methoxy groups -OCH3 is 1. The van der Waals surface area contributed by atoms with Crippen molar-refractivity contribution in [3.8, 4) is 28.1 Å². The molecule has 1 amide bonds. The van der Waals surface area contributed by atoms with Crippen LogP contribution in [0.5, 0.6) is 5.75 Å². The lowest BCUT2D eigenvalue weighted by Gasteiger charge is -2.16. The number of pyridine rings is 1. The van der Waals surface area contributed by atoms with Gasteiger partial charge in [0.05, 0.1) is 47.8 Å². The van der Waals surface area contributed by atoms with E-state index in [1.54, 1.807) is 30.6 Å². The van der Waals surface area contributed by atoms with Crippen molar-refractivity contribution < 1.29 is 9.53 Å². The molecule has 1 N–H and O–H groups in total. The van der Waals surface area contributed by atoms with Crippen LogP contribution in [0.25, 0.3) is 22.4 Å². The maximum absolute atomic E-state index is 12.1. The summed E-state index contributed by atoms with van der Waals surface area (Å²) < 4.78 is 5.60. The van der Waals surface area contributed by atoms with Crippen LogP contribution in [0.4, 0.5) is 17.3 Å². The Bertz CT molecular complexity index is 1350. The van der Waals surface area contributed by atoms with Gasteiger partial charge in [-0.3, -0.25) is 9.78 Å². The van der Waals surface area contributed by atoms with E-state index in [-0.39, 0.29) is 5.91 Å². The molecule has 0 saturated carbocycles. The SMILES string of the molecule is COc1ccc(-c2ccccc2)cc1-c1nc(Nc2cncc(N3CCCC3=O)c2)ncc1Cl. The Labute approximate surface area is 202 Å². The quantitative estimate of drug-likeness (QED) is 0.386. The minimum absolute atomic E-state index is 0.106. The predicted octanol–water partition coefficient (Wildman–Crippen LogP) is 5.74. The number of aromatic nitrogens is 3. The van der Waals surface area contributed by atoms with Crippen LogP contribution in [-0.2, 0) is 4.79 Å². The molecule has 34 heavy (non-hydrogen) atoms. The molecule has 1 fully saturated rings. The van der Waals surface area contributed by atoms with Crippen LogP contribution in [0.2, 0.25) is 5.02 Å². The molecule has 7 nitrogen and oxygen atoms in total. The maximum Gasteiger partial charge on any atom is 0.227 e. The van der Waals surface area contributed by atoms with Gasteiger partial charge in [-0.1, -0.05) is 48.0 Å². The van der Waals surface area contributed by atoms with Crippen molar-refractivity contribution in [2.45, 2.75) is 12.8 Å². The first-order valence-corrected chi connectivity index (χ1v) is 11.3. The molecule has 0 bridgehead atoms. The van der Waals surface area contributed by atoms with Gasteiger partial charge >= 0.3 is 0 Å². The van der Waals surface area contributed by atoms with Crippen molar-refractivity contribution in [3.63, 3.8) is 0 Å². The highest BCUT2D eigenvalue weighted by Crippen LogP contribution is 2.37. The van der Waals surface area contributed by atoms with Crippen LogP contribution < -0.4 is 15.0 Å². The first-order chi connectivity index (χ1) is 16.6. The molecular formula is C26H22ClN5O2. The van der Waals surface area contributed by atoms with E-state index in [1.807, 2.05) is 54.6 Å². The second-order valence-corrected chi connectivity index (χ2v) is 8.28. The summed E-state index contributed by atoms with van der Waals surface area (Å²) in [5.74, 6) is 1.12. The zero-order valence-corrected chi connectivity index (χ0v) is 19.3. The number of benzene rings is 2. The Morgan fingerprint density at radius 2 is 1.88 bits per heavy atom. The van der Waals surface area contributed by atoms with Gasteiger partial charge < -0.3 is 15.0 Å². The third-order valence-corrected chi connectivity index (χ3v) is 5.95. The molecule has 4 aromatic rings. The van der Waals surface area contributed by atoms with Gasteiger partial charge in [0.2, 0.25) is 11.9 Å². The van der Waals surface area contributed by atoms with Crippen LogP contribution in [0.1, 0.15) is 12.8 Å². The van der Waals surface area contributed by atoms with Crippen molar-refractivity contribution in [1.29, 1.82) is 0 Å². The van der Waals surface area contributed by atoms with Crippen molar-refractivity contribution in [2.75, 3.05) is 23.9 Å². The zero-order chi connectivity index (χ0) is 23.5. The van der Waals surface area contributed by atoms with Gasteiger partial charge in [0.25, 0.3) is 0 Å². The lowest BCUT2D eigenvalue weighted by atomic mass is 10.0. The topological polar surface area (TPSA) is 80.2 Å². The Morgan fingerprint density at radius 1 is 1.03 bits per heavy atom. The van der Waals surface area contributed by atoms with E-state index in [0.29, 0.717) is 41.1 Å². The van der Waals surface area contributed by atoms with E-state index in [2.05, 4.69) is 20.3 Å². The molecule has 0 radical (unpaired) electrons. The first kappa shape index (κ1) is 21.9. The Morgan fingerprint density at radius 3 is 2.65 bits per heavy atom. The fraction of sp³-hybridized carbons (Fsp3) is 0.154. The number of nitrogens with one attached hydrogen (secondary N) is 1. The monoisotopic (exact) mass is 471 g/mol. The second-order valence-electron chi connectivity index (χ2n) is 7.88. The number of carbonyl (C=O) groups is 1. The molecule has 2 aromatic carbocycles. The second kappa shape index (κ2) is 9.49. The average molecular weight is 472 g/mol. The first-order valence-electron chi connectivity index (χ1n) is 10.9. The minimum Gasteiger partial charge on any atom is -0.496 e. The summed E-state index contributed by atoms with van der Waals surface area (Å²) in [5, 5.41) is 3.59. The van der Waals surface area contributed by atoms with Gasteiger partial charge in [-0.2, -0.15) is 0 Å². The molecule has 0 aliphatic carbocycles. The molecule has 170 valence electrons. The van der Waals surface area contributed by atoms with Crippen LogP contribution in [0.15, 0.2) is 73.2 Å². The predicted molar refractivity (Wildman–Crippen MR) is 134 cm³/mol. The van der Waals surface area contributed by atoms with Gasteiger partial charge in [-0.25, -0.2) is 9.97 Å². The molecule has 0 atom stereocenters. The lowest BCUT2D eigenvalue weighted by molar-refractivity contribution is -0.117. The summed E-state index contributed by atoms with van der Waals surface area (Å²) in [6.07, 6.45) is 6.32. The van der Waals surface area contributed by atoms with Crippen LogP contribution in [0.3, 0.4) is 0 Å². The summed E-state index contributed by atoms with van der Waals surface area (Å²) in [7, 11) is 1.62. The summed E-state index contributed by atoms with van der Waals surface area (Å²) in [4.78, 5) is 27.1. The molecule has 2 aromatic heterocycles. The zero-order valence-electron chi connectivity index (χ0n) is 18.5. The van der Waals surface area contributed by atoms with Crippen LogP contribution >= 0.6 is 11.6 Å². The number of ether oxygens (including phenoxy) is 1. The smallest absolute Gasteiger partial charge is 0.227 e. The third kappa shape index (κ3) is 4.43. The van der Waals surface area contributed by atoms with Gasteiger partial charge in [0.15, 0.2) is 0 Å². The molecule has 8 heteroatoms. The van der Waals surface area contributed by atoms with E-state index in [1.165, 1.54) is 0 Å². The fourth-order valence-electron chi connectivity index (χ4n) is 4.01. The number of halogens is 1. The van der Waals surface area contributed by atoms with Crippen LogP contribution in [-0.4, -0.2) is 34.5 Å². The number of nitrogens with zero attached hydrogens (tertiary/aromatic N) is 4. The fourth-order valence-corrected chi connectivity index (χ4v) is 4.21. The number of amides is 1.